The molecule has 17 heavy (non-hydrogen) atoms. The highest BCUT2D eigenvalue weighted by atomic mass is 35.5. The van der Waals surface area contributed by atoms with E-state index < -0.39 is 11.6 Å². The molecular formula is C13H10ClFO2. The predicted molar refractivity (Wildman–Crippen MR) is 62.9 cm³/mol. The summed E-state index contributed by atoms with van der Waals surface area (Å²) in [7, 11) is 0. The van der Waals surface area contributed by atoms with Gasteiger partial charge in [-0.15, -0.1) is 0 Å². The number of carbonyl (C=O) groups excluding carboxylic acids is 1. The molecule has 0 atom stereocenters. The van der Waals surface area contributed by atoms with E-state index in [1.54, 1.807) is 12.1 Å². The van der Waals surface area contributed by atoms with Crippen LogP contribution in [0.15, 0.2) is 34.7 Å². The fourth-order valence-corrected chi connectivity index (χ4v) is 1.67. The third-order valence-electron chi connectivity index (χ3n) is 2.41. The van der Waals surface area contributed by atoms with E-state index in [-0.39, 0.29) is 11.3 Å². The Bertz CT molecular complexity index is 560. The van der Waals surface area contributed by atoms with Gasteiger partial charge in [-0.05, 0) is 30.3 Å². The standard InChI is InChI=1S/C13H10ClFO2/c1-2-9-4-6-12(17-9)13(16)10-7-8(14)3-5-11(10)15/h3-7H,2H2,1H3. The molecule has 0 aliphatic heterocycles. The SMILES string of the molecule is CCc1ccc(C(=O)c2cc(Cl)ccc2F)o1. The molecule has 2 nitrogen and oxygen atoms in total. The van der Waals surface area contributed by atoms with Gasteiger partial charge in [-0.25, -0.2) is 4.39 Å². The lowest BCUT2D eigenvalue weighted by molar-refractivity contribution is 0.100. The molecule has 0 aliphatic rings. The minimum atomic E-state index is -0.603. The maximum Gasteiger partial charge on any atom is 0.231 e. The van der Waals surface area contributed by atoms with Gasteiger partial charge in [-0.1, -0.05) is 18.5 Å². The van der Waals surface area contributed by atoms with Gasteiger partial charge in [0.1, 0.15) is 11.6 Å². The van der Waals surface area contributed by atoms with E-state index in [0.29, 0.717) is 17.2 Å². The van der Waals surface area contributed by atoms with Gasteiger partial charge in [0.05, 0.1) is 5.56 Å². The lowest BCUT2D eigenvalue weighted by Gasteiger charge is -2.00. The normalized spacial score (nSPS) is 10.5. The van der Waals surface area contributed by atoms with E-state index in [1.165, 1.54) is 18.2 Å². The highest BCUT2D eigenvalue weighted by Crippen LogP contribution is 2.19. The average molecular weight is 253 g/mol. The highest BCUT2D eigenvalue weighted by Gasteiger charge is 2.17. The van der Waals surface area contributed by atoms with Crippen LogP contribution in [0.25, 0.3) is 0 Å². The van der Waals surface area contributed by atoms with Crippen molar-refractivity contribution in [1.82, 2.24) is 0 Å². The molecule has 0 spiro atoms. The molecule has 0 saturated carbocycles. The Kier molecular flexibility index (Phi) is 3.29. The first-order valence-corrected chi connectivity index (χ1v) is 5.58. The molecule has 1 heterocycles. The first-order valence-electron chi connectivity index (χ1n) is 5.20. The number of carbonyl (C=O) groups is 1. The Hall–Kier alpha value is -1.61. The number of rotatable bonds is 3. The second-order valence-electron chi connectivity index (χ2n) is 3.57. The number of aryl methyl sites for hydroxylation is 1. The van der Waals surface area contributed by atoms with Gasteiger partial charge in [-0.2, -0.15) is 0 Å². The van der Waals surface area contributed by atoms with E-state index in [0.717, 1.165) is 0 Å². The van der Waals surface area contributed by atoms with Crippen molar-refractivity contribution in [2.24, 2.45) is 0 Å². The number of halogens is 2. The number of hydrogen-bond acceptors (Lipinski definition) is 2. The topological polar surface area (TPSA) is 30.2 Å². The minimum absolute atomic E-state index is 0.0745. The van der Waals surface area contributed by atoms with Gasteiger partial charge in [-0.3, -0.25) is 4.79 Å². The van der Waals surface area contributed by atoms with Crippen molar-refractivity contribution in [3.63, 3.8) is 0 Å². The van der Waals surface area contributed by atoms with E-state index in [2.05, 4.69) is 0 Å². The van der Waals surface area contributed by atoms with Crippen LogP contribution in [-0.2, 0) is 6.42 Å². The highest BCUT2D eigenvalue weighted by molar-refractivity contribution is 6.31. The zero-order valence-electron chi connectivity index (χ0n) is 9.17. The van der Waals surface area contributed by atoms with Crippen molar-refractivity contribution in [3.8, 4) is 0 Å². The molecule has 0 bridgehead atoms. The average Bonchev–Trinajstić information content (AvgIpc) is 2.80. The molecule has 2 aromatic rings. The molecule has 88 valence electrons. The van der Waals surface area contributed by atoms with Crippen LogP contribution >= 0.6 is 11.6 Å². The van der Waals surface area contributed by atoms with E-state index in [4.69, 9.17) is 16.0 Å². The Morgan fingerprint density at radius 1 is 1.35 bits per heavy atom. The van der Waals surface area contributed by atoms with Gasteiger partial charge in [0.15, 0.2) is 5.76 Å². The summed E-state index contributed by atoms with van der Waals surface area (Å²) in [5.41, 5.74) is -0.0745. The van der Waals surface area contributed by atoms with Crippen molar-refractivity contribution < 1.29 is 13.6 Å². The molecule has 1 aromatic carbocycles. The quantitative estimate of drug-likeness (QED) is 0.777. The summed E-state index contributed by atoms with van der Waals surface area (Å²) in [4.78, 5) is 12.0. The number of hydrogen-bond donors (Lipinski definition) is 0. The Morgan fingerprint density at radius 3 is 2.76 bits per heavy atom. The van der Waals surface area contributed by atoms with Crippen LogP contribution in [0.5, 0.6) is 0 Å². The third kappa shape index (κ3) is 2.39. The summed E-state index contributed by atoms with van der Waals surface area (Å²) in [5, 5.41) is 0.317. The predicted octanol–water partition coefficient (Wildman–Crippen LogP) is 3.87. The van der Waals surface area contributed by atoms with Gasteiger partial charge >= 0.3 is 0 Å². The van der Waals surface area contributed by atoms with Crippen LogP contribution in [0.3, 0.4) is 0 Å². The third-order valence-corrected chi connectivity index (χ3v) is 2.64. The Morgan fingerprint density at radius 2 is 2.12 bits per heavy atom. The van der Waals surface area contributed by atoms with Crippen molar-refractivity contribution >= 4 is 17.4 Å². The molecule has 0 N–H and O–H groups in total. The molecule has 0 amide bonds. The number of furan rings is 1. The van der Waals surface area contributed by atoms with Crippen LogP contribution in [0.2, 0.25) is 5.02 Å². The summed E-state index contributed by atoms with van der Waals surface area (Å²) >= 11 is 5.73. The summed E-state index contributed by atoms with van der Waals surface area (Å²) in [5.74, 6) is -0.280. The zero-order chi connectivity index (χ0) is 12.4. The number of ketones is 1. The maximum absolute atomic E-state index is 13.5. The maximum atomic E-state index is 13.5. The molecule has 4 heteroatoms. The van der Waals surface area contributed by atoms with Gasteiger partial charge in [0, 0.05) is 11.4 Å². The van der Waals surface area contributed by atoms with Crippen molar-refractivity contribution in [3.05, 3.63) is 58.3 Å². The molecular weight excluding hydrogens is 243 g/mol. The second kappa shape index (κ2) is 4.72. The van der Waals surface area contributed by atoms with Crippen molar-refractivity contribution in [1.29, 1.82) is 0 Å². The number of benzene rings is 1. The van der Waals surface area contributed by atoms with E-state index in [1.807, 2.05) is 6.92 Å². The lowest BCUT2D eigenvalue weighted by atomic mass is 10.1. The smallest absolute Gasteiger partial charge is 0.231 e. The first kappa shape index (κ1) is 11.9. The molecule has 1 aromatic heterocycles. The molecule has 2 rings (SSSR count). The summed E-state index contributed by atoms with van der Waals surface area (Å²) in [6.07, 6.45) is 0.686. The van der Waals surface area contributed by atoms with Gasteiger partial charge in [0.25, 0.3) is 0 Å². The second-order valence-corrected chi connectivity index (χ2v) is 4.01. The summed E-state index contributed by atoms with van der Waals surface area (Å²) < 4.78 is 18.8. The van der Waals surface area contributed by atoms with E-state index >= 15 is 0 Å². The van der Waals surface area contributed by atoms with Crippen molar-refractivity contribution in [2.45, 2.75) is 13.3 Å². The van der Waals surface area contributed by atoms with Crippen LogP contribution < -0.4 is 0 Å². The van der Waals surface area contributed by atoms with Crippen LogP contribution in [-0.4, -0.2) is 5.78 Å². The van der Waals surface area contributed by atoms with Gasteiger partial charge < -0.3 is 4.42 Å². The molecule has 0 unspecified atom stereocenters. The monoisotopic (exact) mass is 252 g/mol. The Labute approximate surface area is 103 Å². The van der Waals surface area contributed by atoms with Crippen molar-refractivity contribution in [2.75, 3.05) is 0 Å². The molecule has 0 saturated heterocycles. The molecule has 0 radical (unpaired) electrons. The van der Waals surface area contributed by atoms with Crippen LogP contribution in [0.1, 0.15) is 28.8 Å². The van der Waals surface area contributed by atoms with Gasteiger partial charge in [0.2, 0.25) is 5.78 Å². The Balaban J connectivity index is 2.39. The minimum Gasteiger partial charge on any atom is -0.458 e. The fraction of sp³-hybridized carbons (Fsp3) is 0.154. The molecule has 0 aliphatic carbocycles. The fourth-order valence-electron chi connectivity index (χ4n) is 1.49. The largest absolute Gasteiger partial charge is 0.458 e. The summed E-state index contributed by atoms with van der Waals surface area (Å²) in [6.45, 7) is 1.91. The lowest BCUT2D eigenvalue weighted by Crippen LogP contribution is -2.02. The van der Waals surface area contributed by atoms with Crippen LogP contribution in [0, 0.1) is 5.82 Å². The zero-order valence-corrected chi connectivity index (χ0v) is 9.92. The van der Waals surface area contributed by atoms with E-state index in [9.17, 15) is 9.18 Å². The first-order chi connectivity index (χ1) is 8.11. The summed E-state index contributed by atoms with van der Waals surface area (Å²) in [6, 6.07) is 7.11. The van der Waals surface area contributed by atoms with Crippen LogP contribution in [0.4, 0.5) is 4.39 Å². The molecule has 0 fully saturated rings.